The number of benzene rings is 1. The Morgan fingerprint density at radius 2 is 2.21 bits per heavy atom. The van der Waals surface area contributed by atoms with E-state index in [1.54, 1.807) is 17.8 Å². The van der Waals surface area contributed by atoms with Crippen LogP contribution < -0.4 is 11.1 Å². The van der Waals surface area contributed by atoms with E-state index in [2.05, 4.69) is 5.32 Å². The van der Waals surface area contributed by atoms with Gasteiger partial charge in [0, 0.05) is 17.0 Å². The molecule has 6 heteroatoms. The SMILES string of the molecule is CSc1ccc(Cl)c(C(=O)NCC2(N)CCC2)c1.Cl. The van der Waals surface area contributed by atoms with E-state index in [0.717, 1.165) is 24.2 Å². The highest BCUT2D eigenvalue weighted by atomic mass is 35.5. The lowest BCUT2D eigenvalue weighted by Gasteiger charge is -2.38. The zero-order chi connectivity index (χ0) is 13.2. The van der Waals surface area contributed by atoms with Crippen molar-refractivity contribution in [3.05, 3.63) is 28.8 Å². The zero-order valence-corrected chi connectivity index (χ0v) is 13.1. The summed E-state index contributed by atoms with van der Waals surface area (Å²) in [5.74, 6) is -0.146. The molecule has 3 nitrogen and oxygen atoms in total. The number of hydrogen-bond donors (Lipinski definition) is 2. The van der Waals surface area contributed by atoms with Gasteiger partial charge in [-0.15, -0.1) is 24.2 Å². The summed E-state index contributed by atoms with van der Waals surface area (Å²) in [5, 5.41) is 3.35. The fraction of sp³-hybridized carbons (Fsp3) is 0.462. The summed E-state index contributed by atoms with van der Waals surface area (Å²) in [6.45, 7) is 0.520. The second-order valence-corrected chi connectivity index (χ2v) is 6.03. The Hall–Kier alpha value is -0.420. The minimum absolute atomic E-state index is 0. The molecule has 0 saturated heterocycles. The van der Waals surface area contributed by atoms with Gasteiger partial charge in [0.15, 0.2) is 0 Å². The molecule has 0 unspecified atom stereocenters. The Morgan fingerprint density at radius 1 is 1.53 bits per heavy atom. The molecule has 0 heterocycles. The largest absolute Gasteiger partial charge is 0.350 e. The van der Waals surface area contributed by atoms with Gasteiger partial charge < -0.3 is 11.1 Å². The number of halogens is 2. The molecule has 0 spiro atoms. The molecule has 0 bridgehead atoms. The zero-order valence-electron chi connectivity index (χ0n) is 10.7. The molecular formula is C13H18Cl2N2OS. The molecule has 1 aromatic rings. The molecule has 0 atom stereocenters. The van der Waals surface area contributed by atoms with Gasteiger partial charge in [0.05, 0.1) is 10.6 Å². The maximum atomic E-state index is 12.1. The van der Waals surface area contributed by atoms with Crippen molar-refractivity contribution in [2.45, 2.75) is 29.7 Å². The first-order valence-corrected chi connectivity index (χ1v) is 7.55. The minimum Gasteiger partial charge on any atom is -0.350 e. The van der Waals surface area contributed by atoms with Crippen LogP contribution in [-0.4, -0.2) is 24.2 Å². The van der Waals surface area contributed by atoms with Gasteiger partial charge in [-0.25, -0.2) is 0 Å². The molecule has 0 aliphatic heterocycles. The topological polar surface area (TPSA) is 55.1 Å². The number of carbonyl (C=O) groups excluding carboxylic acids is 1. The first-order valence-electron chi connectivity index (χ1n) is 5.95. The number of nitrogens with two attached hydrogens (primary N) is 1. The second-order valence-electron chi connectivity index (χ2n) is 4.74. The maximum Gasteiger partial charge on any atom is 0.252 e. The average molecular weight is 321 g/mol. The van der Waals surface area contributed by atoms with Gasteiger partial charge >= 0.3 is 0 Å². The molecule has 1 aromatic carbocycles. The van der Waals surface area contributed by atoms with Crippen molar-refractivity contribution in [2.24, 2.45) is 5.73 Å². The van der Waals surface area contributed by atoms with Crippen LogP contribution >= 0.6 is 35.8 Å². The summed E-state index contributed by atoms with van der Waals surface area (Å²) in [6, 6.07) is 5.47. The van der Waals surface area contributed by atoms with Crippen molar-refractivity contribution in [1.82, 2.24) is 5.32 Å². The molecule has 0 radical (unpaired) electrons. The predicted octanol–water partition coefficient (Wildman–Crippen LogP) is 3.09. The van der Waals surface area contributed by atoms with Crippen LogP contribution in [0.1, 0.15) is 29.6 Å². The van der Waals surface area contributed by atoms with Crippen LogP contribution in [0.4, 0.5) is 0 Å². The third-order valence-corrected chi connectivity index (χ3v) is 4.42. The number of hydrogen-bond acceptors (Lipinski definition) is 3. The number of nitrogens with one attached hydrogen (secondary N) is 1. The summed E-state index contributed by atoms with van der Waals surface area (Å²) in [4.78, 5) is 13.1. The maximum absolute atomic E-state index is 12.1. The fourth-order valence-corrected chi connectivity index (χ4v) is 2.61. The molecule has 1 saturated carbocycles. The average Bonchev–Trinajstić information content (AvgIpc) is 2.34. The first kappa shape index (κ1) is 16.6. The number of rotatable bonds is 4. The Kier molecular flexibility index (Phi) is 5.99. The van der Waals surface area contributed by atoms with Crippen LogP contribution in [0.2, 0.25) is 5.02 Å². The van der Waals surface area contributed by atoms with E-state index in [-0.39, 0.29) is 23.9 Å². The van der Waals surface area contributed by atoms with Gasteiger partial charge in [-0.05, 0) is 43.7 Å². The van der Waals surface area contributed by atoms with E-state index >= 15 is 0 Å². The highest BCUT2D eigenvalue weighted by Gasteiger charge is 2.32. The van der Waals surface area contributed by atoms with Crippen molar-refractivity contribution < 1.29 is 4.79 Å². The molecule has 2 rings (SSSR count). The molecule has 106 valence electrons. The summed E-state index contributed by atoms with van der Waals surface area (Å²) >= 11 is 7.63. The van der Waals surface area contributed by atoms with Crippen molar-refractivity contribution >= 4 is 41.7 Å². The summed E-state index contributed by atoms with van der Waals surface area (Å²) in [6.07, 6.45) is 5.07. The number of carbonyl (C=O) groups is 1. The van der Waals surface area contributed by atoms with Gasteiger partial charge in [0.1, 0.15) is 0 Å². The smallest absolute Gasteiger partial charge is 0.252 e. The van der Waals surface area contributed by atoms with Crippen LogP contribution in [0.25, 0.3) is 0 Å². The molecule has 19 heavy (non-hydrogen) atoms. The standard InChI is InChI=1S/C13H17ClN2OS.ClH/c1-18-9-3-4-11(14)10(7-9)12(17)16-8-13(15)5-2-6-13;/h3-4,7H,2,5-6,8,15H2,1H3,(H,16,17);1H. The Balaban J connectivity index is 0.00000180. The number of thioether (sulfide) groups is 1. The highest BCUT2D eigenvalue weighted by Crippen LogP contribution is 2.28. The monoisotopic (exact) mass is 320 g/mol. The van der Waals surface area contributed by atoms with Crippen LogP contribution in [0.3, 0.4) is 0 Å². The Labute approximate surface area is 129 Å². The summed E-state index contributed by atoms with van der Waals surface area (Å²) in [7, 11) is 0. The van der Waals surface area contributed by atoms with Crippen LogP contribution in [-0.2, 0) is 0 Å². The highest BCUT2D eigenvalue weighted by molar-refractivity contribution is 7.98. The van der Waals surface area contributed by atoms with E-state index in [0.29, 0.717) is 17.1 Å². The molecule has 1 amide bonds. The molecule has 3 N–H and O–H groups in total. The normalized spacial score (nSPS) is 16.2. The van der Waals surface area contributed by atoms with Crippen LogP contribution in [0.15, 0.2) is 23.1 Å². The molecule has 1 aliphatic rings. The minimum atomic E-state index is -0.209. The predicted molar refractivity (Wildman–Crippen MR) is 83.6 cm³/mol. The molecular weight excluding hydrogens is 303 g/mol. The van der Waals surface area contributed by atoms with E-state index in [9.17, 15) is 4.79 Å². The van der Waals surface area contributed by atoms with Gasteiger partial charge in [0.2, 0.25) is 0 Å². The fourth-order valence-electron chi connectivity index (χ4n) is 1.96. The molecule has 1 aliphatic carbocycles. The van der Waals surface area contributed by atoms with Crippen molar-refractivity contribution in [3.63, 3.8) is 0 Å². The third-order valence-electron chi connectivity index (χ3n) is 3.37. The van der Waals surface area contributed by atoms with Crippen LogP contribution in [0.5, 0.6) is 0 Å². The van der Waals surface area contributed by atoms with Crippen molar-refractivity contribution in [3.8, 4) is 0 Å². The van der Waals surface area contributed by atoms with Crippen molar-refractivity contribution in [1.29, 1.82) is 0 Å². The van der Waals surface area contributed by atoms with Gasteiger partial charge in [-0.1, -0.05) is 11.6 Å². The van der Waals surface area contributed by atoms with E-state index in [1.165, 1.54) is 0 Å². The summed E-state index contributed by atoms with van der Waals surface area (Å²) in [5.41, 5.74) is 6.38. The quantitative estimate of drug-likeness (QED) is 0.838. The van der Waals surface area contributed by atoms with E-state index < -0.39 is 0 Å². The third kappa shape index (κ3) is 4.02. The van der Waals surface area contributed by atoms with Crippen molar-refractivity contribution in [2.75, 3.05) is 12.8 Å². The summed E-state index contributed by atoms with van der Waals surface area (Å²) < 4.78 is 0. The Bertz CT molecular complexity index is 464. The van der Waals surface area contributed by atoms with E-state index in [4.69, 9.17) is 17.3 Å². The van der Waals surface area contributed by atoms with Gasteiger partial charge in [-0.3, -0.25) is 4.79 Å². The van der Waals surface area contributed by atoms with Gasteiger partial charge in [-0.2, -0.15) is 0 Å². The lowest BCUT2D eigenvalue weighted by atomic mass is 9.78. The van der Waals surface area contributed by atoms with E-state index in [1.807, 2.05) is 18.4 Å². The van der Waals surface area contributed by atoms with Crippen LogP contribution in [0, 0.1) is 0 Å². The molecule has 1 fully saturated rings. The molecule has 0 aromatic heterocycles. The lowest BCUT2D eigenvalue weighted by molar-refractivity contribution is 0.0929. The number of amides is 1. The first-order chi connectivity index (χ1) is 8.54. The van der Waals surface area contributed by atoms with Gasteiger partial charge in [0.25, 0.3) is 5.91 Å². The second kappa shape index (κ2) is 6.84. The lowest BCUT2D eigenvalue weighted by Crippen LogP contribution is -2.54. The Morgan fingerprint density at radius 3 is 2.74 bits per heavy atom.